The molecule has 1 heterocycles. The van der Waals surface area contributed by atoms with Gasteiger partial charge in [-0.15, -0.1) is 5.10 Å². The molecular formula is C9H8BrN3OS. The summed E-state index contributed by atoms with van der Waals surface area (Å²) < 4.78 is 6.26. The van der Waals surface area contributed by atoms with Gasteiger partial charge >= 0.3 is 0 Å². The molecule has 4 nitrogen and oxygen atoms in total. The molecule has 0 amide bonds. The Bertz CT molecular complexity index is 486. The van der Waals surface area contributed by atoms with Gasteiger partial charge in [-0.3, -0.25) is 0 Å². The van der Waals surface area contributed by atoms with E-state index in [9.17, 15) is 0 Å². The molecule has 6 heteroatoms. The molecule has 0 fully saturated rings. The first-order valence-electron chi connectivity index (χ1n) is 4.19. The lowest BCUT2D eigenvalue weighted by Gasteiger charge is -2.05. The molecule has 0 bridgehead atoms. The Labute approximate surface area is 99.2 Å². The second kappa shape index (κ2) is 4.16. The topological polar surface area (TPSA) is 61.0 Å². The fraction of sp³-hybridized carbons (Fsp3) is 0.111. The largest absolute Gasteiger partial charge is 0.429 e. The van der Waals surface area contributed by atoms with Crippen molar-refractivity contribution >= 4 is 33.0 Å². The van der Waals surface area contributed by atoms with Gasteiger partial charge in [0.15, 0.2) is 0 Å². The summed E-state index contributed by atoms with van der Waals surface area (Å²) in [7, 11) is 0. The highest BCUT2D eigenvalue weighted by Crippen LogP contribution is 2.34. The van der Waals surface area contributed by atoms with E-state index in [0.29, 0.717) is 16.6 Å². The van der Waals surface area contributed by atoms with Crippen molar-refractivity contribution in [1.82, 2.24) is 10.2 Å². The number of halogens is 1. The number of rotatable bonds is 2. The number of benzene rings is 1. The van der Waals surface area contributed by atoms with Gasteiger partial charge in [-0.1, -0.05) is 22.5 Å². The van der Waals surface area contributed by atoms with E-state index in [2.05, 4.69) is 26.1 Å². The second-order valence-electron chi connectivity index (χ2n) is 2.85. The summed E-state index contributed by atoms with van der Waals surface area (Å²) in [6, 6.07) is 5.43. The molecule has 0 unspecified atom stereocenters. The molecule has 0 atom stereocenters. The first kappa shape index (κ1) is 10.4. The first-order chi connectivity index (χ1) is 7.16. The minimum atomic E-state index is 0.513. The van der Waals surface area contributed by atoms with Crippen LogP contribution in [-0.4, -0.2) is 10.2 Å². The third-order valence-electron chi connectivity index (χ3n) is 1.70. The quantitative estimate of drug-likeness (QED) is 0.862. The number of aryl methyl sites for hydroxylation is 1. The molecule has 1 aromatic carbocycles. The zero-order valence-corrected chi connectivity index (χ0v) is 10.3. The molecule has 0 saturated carbocycles. The number of hydrogen-bond acceptors (Lipinski definition) is 5. The SMILES string of the molecule is Cc1nnc(Oc2cccc(N)c2Br)s1. The van der Waals surface area contributed by atoms with Crippen LogP contribution in [0.2, 0.25) is 0 Å². The molecule has 78 valence electrons. The summed E-state index contributed by atoms with van der Waals surface area (Å²) in [6.07, 6.45) is 0. The van der Waals surface area contributed by atoms with E-state index >= 15 is 0 Å². The minimum Gasteiger partial charge on any atom is -0.429 e. The van der Waals surface area contributed by atoms with Gasteiger partial charge in [0.05, 0.1) is 4.47 Å². The average Bonchev–Trinajstić information content (AvgIpc) is 2.59. The zero-order chi connectivity index (χ0) is 10.8. The molecule has 1 aromatic heterocycles. The maximum absolute atomic E-state index is 5.72. The van der Waals surface area contributed by atoms with E-state index in [1.54, 1.807) is 6.07 Å². The zero-order valence-electron chi connectivity index (χ0n) is 7.90. The number of nitrogens with two attached hydrogens (primary N) is 1. The van der Waals surface area contributed by atoms with E-state index in [0.717, 1.165) is 9.48 Å². The van der Waals surface area contributed by atoms with E-state index in [-0.39, 0.29) is 0 Å². The average molecular weight is 286 g/mol. The van der Waals surface area contributed by atoms with Crippen molar-refractivity contribution in [2.45, 2.75) is 6.92 Å². The Morgan fingerprint density at radius 1 is 1.40 bits per heavy atom. The molecule has 2 rings (SSSR count). The predicted molar refractivity (Wildman–Crippen MR) is 63.3 cm³/mol. The van der Waals surface area contributed by atoms with Crippen LogP contribution in [-0.2, 0) is 0 Å². The summed E-state index contributed by atoms with van der Waals surface area (Å²) >= 11 is 4.74. The summed E-state index contributed by atoms with van der Waals surface area (Å²) in [5.41, 5.74) is 6.35. The highest BCUT2D eigenvalue weighted by Gasteiger charge is 2.08. The molecule has 0 radical (unpaired) electrons. The van der Waals surface area contributed by atoms with Crippen LogP contribution >= 0.6 is 27.3 Å². The van der Waals surface area contributed by atoms with Gasteiger partial charge in [-0.25, -0.2) is 0 Å². The molecule has 0 aliphatic rings. The fourth-order valence-electron chi connectivity index (χ4n) is 1.02. The van der Waals surface area contributed by atoms with Gasteiger partial charge in [0, 0.05) is 5.69 Å². The number of ether oxygens (including phenoxy) is 1. The Balaban J connectivity index is 2.28. The van der Waals surface area contributed by atoms with Crippen molar-refractivity contribution in [3.05, 3.63) is 27.7 Å². The smallest absolute Gasteiger partial charge is 0.299 e. The standard InChI is InChI=1S/C9H8BrN3OS/c1-5-12-13-9(15-5)14-7-4-2-3-6(11)8(7)10/h2-4H,11H2,1H3. The maximum Gasteiger partial charge on any atom is 0.299 e. The first-order valence-corrected chi connectivity index (χ1v) is 5.79. The van der Waals surface area contributed by atoms with Gasteiger partial charge in [0.2, 0.25) is 0 Å². The molecule has 15 heavy (non-hydrogen) atoms. The third-order valence-corrected chi connectivity index (χ3v) is 3.26. The molecular weight excluding hydrogens is 278 g/mol. The van der Waals surface area contributed by atoms with Crippen LogP contribution in [0.3, 0.4) is 0 Å². The molecule has 2 aromatic rings. The summed E-state index contributed by atoms with van der Waals surface area (Å²) in [6.45, 7) is 1.87. The van der Waals surface area contributed by atoms with Crippen molar-refractivity contribution in [1.29, 1.82) is 0 Å². The predicted octanol–water partition coefficient (Wildman–Crippen LogP) is 2.98. The highest BCUT2D eigenvalue weighted by atomic mass is 79.9. The normalized spacial score (nSPS) is 10.3. The molecule has 0 spiro atoms. The number of nitrogen functional groups attached to an aromatic ring is 1. The van der Waals surface area contributed by atoms with E-state index in [4.69, 9.17) is 10.5 Å². The number of nitrogens with zero attached hydrogens (tertiary/aromatic N) is 2. The van der Waals surface area contributed by atoms with E-state index in [1.807, 2.05) is 19.1 Å². The summed E-state index contributed by atoms with van der Waals surface area (Å²) in [5.74, 6) is 0.645. The number of anilines is 1. The van der Waals surface area contributed by atoms with Gasteiger partial charge in [-0.2, -0.15) is 0 Å². The molecule has 0 saturated heterocycles. The van der Waals surface area contributed by atoms with Crippen LogP contribution in [0.25, 0.3) is 0 Å². The summed E-state index contributed by atoms with van der Waals surface area (Å²) in [5, 5.41) is 9.11. The maximum atomic E-state index is 5.72. The lowest BCUT2D eigenvalue weighted by Crippen LogP contribution is -1.90. The van der Waals surface area contributed by atoms with E-state index < -0.39 is 0 Å². The molecule has 0 aliphatic carbocycles. The van der Waals surface area contributed by atoms with Gasteiger partial charge in [0.25, 0.3) is 5.19 Å². The number of aromatic nitrogens is 2. The van der Waals surface area contributed by atoms with Crippen molar-refractivity contribution < 1.29 is 4.74 Å². The minimum absolute atomic E-state index is 0.513. The highest BCUT2D eigenvalue weighted by molar-refractivity contribution is 9.10. The Kier molecular flexibility index (Phi) is 2.88. The third kappa shape index (κ3) is 2.27. The van der Waals surface area contributed by atoms with Crippen molar-refractivity contribution in [3.63, 3.8) is 0 Å². The van der Waals surface area contributed by atoms with Crippen molar-refractivity contribution in [2.75, 3.05) is 5.73 Å². The second-order valence-corrected chi connectivity index (χ2v) is 4.79. The van der Waals surface area contributed by atoms with Gasteiger partial charge < -0.3 is 10.5 Å². The van der Waals surface area contributed by atoms with Crippen LogP contribution in [0.1, 0.15) is 5.01 Å². The van der Waals surface area contributed by atoms with E-state index in [1.165, 1.54) is 11.3 Å². The van der Waals surface area contributed by atoms with Gasteiger partial charge in [0.1, 0.15) is 10.8 Å². The van der Waals surface area contributed by atoms with Crippen molar-refractivity contribution in [3.8, 4) is 10.9 Å². The van der Waals surface area contributed by atoms with Crippen molar-refractivity contribution in [2.24, 2.45) is 0 Å². The molecule has 2 N–H and O–H groups in total. The van der Waals surface area contributed by atoms with Crippen LogP contribution in [0.4, 0.5) is 5.69 Å². The molecule has 0 aliphatic heterocycles. The fourth-order valence-corrected chi connectivity index (χ4v) is 1.91. The Morgan fingerprint density at radius 2 is 2.20 bits per heavy atom. The van der Waals surface area contributed by atoms with Crippen LogP contribution in [0.15, 0.2) is 22.7 Å². The Hall–Kier alpha value is -1.14. The summed E-state index contributed by atoms with van der Waals surface area (Å²) in [4.78, 5) is 0. The van der Waals surface area contributed by atoms with Gasteiger partial charge in [-0.05, 0) is 35.0 Å². The number of hydrogen-bond donors (Lipinski definition) is 1. The van der Waals surface area contributed by atoms with Crippen LogP contribution < -0.4 is 10.5 Å². The van der Waals surface area contributed by atoms with Crippen LogP contribution in [0, 0.1) is 6.92 Å². The Morgan fingerprint density at radius 3 is 2.87 bits per heavy atom. The lowest BCUT2D eigenvalue weighted by molar-refractivity contribution is 0.470. The van der Waals surface area contributed by atoms with Crippen LogP contribution in [0.5, 0.6) is 10.9 Å². The monoisotopic (exact) mass is 285 g/mol. The lowest BCUT2D eigenvalue weighted by atomic mass is 10.3.